The van der Waals surface area contributed by atoms with E-state index < -0.39 is 0 Å². The number of cyclic esters (lactones) is 1. The van der Waals surface area contributed by atoms with Crippen molar-refractivity contribution in [3.8, 4) is 0 Å². The molecule has 10 heteroatoms. The summed E-state index contributed by atoms with van der Waals surface area (Å²) in [6, 6.07) is 10.8. The van der Waals surface area contributed by atoms with Gasteiger partial charge in [0.05, 0.1) is 22.4 Å². The third-order valence-electron chi connectivity index (χ3n) is 4.47. The predicted molar refractivity (Wildman–Crippen MR) is 127 cm³/mol. The second kappa shape index (κ2) is 13.2. The SMILES string of the molecule is CC.CNCC1CN(c2ccc(N3CCOCC3=O)cc2)C(=O)O1.O=Cc1ccc(Cl)s1. The lowest BCUT2D eigenvalue weighted by Crippen LogP contribution is -2.41. The highest BCUT2D eigenvalue weighted by Crippen LogP contribution is 2.25. The number of halogens is 1. The van der Waals surface area contributed by atoms with Gasteiger partial charge in [-0.2, -0.15) is 0 Å². The van der Waals surface area contributed by atoms with Crippen molar-refractivity contribution in [3.05, 3.63) is 45.6 Å². The van der Waals surface area contributed by atoms with E-state index in [1.54, 1.807) is 21.9 Å². The van der Waals surface area contributed by atoms with Gasteiger partial charge >= 0.3 is 6.09 Å². The number of hydrogen-bond acceptors (Lipinski definition) is 7. The number of aldehydes is 1. The van der Waals surface area contributed by atoms with Crippen LogP contribution >= 0.6 is 22.9 Å². The highest BCUT2D eigenvalue weighted by molar-refractivity contribution is 7.17. The van der Waals surface area contributed by atoms with E-state index >= 15 is 0 Å². The third kappa shape index (κ3) is 7.03. The van der Waals surface area contributed by atoms with E-state index in [9.17, 15) is 14.4 Å². The van der Waals surface area contributed by atoms with Crippen molar-refractivity contribution < 1.29 is 23.9 Å². The largest absolute Gasteiger partial charge is 0.443 e. The van der Waals surface area contributed by atoms with E-state index in [0.717, 1.165) is 17.7 Å². The molecule has 1 aromatic carbocycles. The number of rotatable bonds is 5. The molecular weight excluding hydrogens is 454 g/mol. The van der Waals surface area contributed by atoms with Crippen LogP contribution in [0.4, 0.5) is 16.2 Å². The minimum atomic E-state index is -0.338. The lowest BCUT2D eigenvalue weighted by molar-refractivity contribution is -0.125. The average molecular weight is 482 g/mol. The van der Waals surface area contributed by atoms with E-state index in [1.807, 2.05) is 45.2 Å². The topological polar surface area (TPSA) is 88.2 Å². The molecule has 0 spiro atoms. The number of carbonyl (C=O) groups is 3. The molecule has 174 valence electrons. The van der Waals surface area contributed by atoms with Crippen molar-refractivity contribution in [2.75, 3.05) is 49.7 Å². The van der Waals surface area contributed by atoms with Gasteiger partial charge in [-0.05, 0) is 43.4 Å². The van der Waals surface area contributed by atoms with Crippen LogP contribution in [0.15, 0.2) is 36.4 Å². The number of thiophene rings is 1. The zero-order valence-electron chi connectivity index (χ0n) is 18.4. The average Bonchev–Trinajstić information content (AvgIpc) is 3.41. The van der Waals surface area contributed by atoms with Crippen molar-refractivity contribution in [1.29, 1.82) is 0 Å². The van der Waals surface area contributed by atoms with Gasteiger partial charge in [-0.15, -0.1) is 11.3 Å². The summed E-state index contributed by atoms with van der Waals surface area (Å²) < 4.78 is 11.1. The third-order valence-corrected chi connectivity index (χ3v) is 5.63. The Hall–Kier alpha value is -2.46. The van der Waals surface area contributed by atoms with Gasteiger partial charge in [0.1, 0.15) is 12.7 Å². The summed E-state index contributed by atoms with van der Waals surface area (Å²) in [5.41, 5.74) is 1.59. The maximum absolute atomic E-state index is 11.9. The maximum Gasteiger partial charge on any atom is 0.414 e. The Labute approximate surface area is 197 Å². The summed E-state index contributed by atoms with van der Waals surface area (Å²) in [5.74, 6) is -0.0475. The predicted octanol–water partition coefficient (Wildman–Crippen LogP) is 3.83. The fraction of sp³-hybridized carbons (Fsp3) is 0.409. The molecule has 2 aliphatic heterocycles. The zero-order valence-corrected chi connectivity index (χ0v) is 19.9. The van der Waals surface area contributed by atoms with Crippen molar-refractivity contribution >= 4 is 52.6 Å². The summed E-state index contributed by atoms with van der Waals surface area (Å²) in [6.45, 7) is 6.36. The second-order valence-electron chi connectivity index (χ2n) is 6.55. The van der Waals surface area contributed by atoms with Crippen LogP contribution in [0, 0.1) is 0 Å². The van der Waals surface area contributed by atoms with Crippen LogP contribution in [0.2, 0.25) is 4.34 Å². The summed E-state index contributed by atoms with van der Waals surface area (Å²) in [4.78, 5) is 37.7. The molecule has 2 amide bonds. The quantitative estimate of drug-likeness (QED) is 0.653. The fourth-order valence-corrected chi connectivity index (χ4v) is 3.94. The molecule has 8 nitrogen and oxygen atoms in total. The fourth-order valence-electron chi connectivity index (χ4n) is 3.06. The van der Waals surface area contributed by atoms with Gasteiger partial charge < -0.3 is 19.7 Å². The van der Waals surface area contributed by atoms with Crippen LogP contribution in [0.1, 0.15) is 23.5 Å². The molecular formula is C22H28ClN3O5S. The smallest absolute Gasteiger partial charge is 0.414 e. The lowest BCUT2D eigenvalue weighted by Gasteiger charge is -2.27. The molecule has 4 rings (SSSR count). The minimum Gasteiger partial charge on any atom is -0.443 e. The number of ether oxygens (including phenoxy) is 2. The normalized spacial score (nSPS) is 17.7. The van der Waals surface area contributed by atoms with E-state index in [4.69, 9.17) is 21.1 Å². The Balaban J connectivity index is 0.000000304. The first-order valence-corrected chi connectivity index (χ1v) is 11.5. The van der Waals surface area contributed by atoms with E-state index in [0.29, 0.717) is 35.5 Å². The standard InChI is InChI=1S/C15H19N3O4.C5H3ClOS.C2H6/c1-16-8-13-9-18(15(20)22-13)12-4-2-11(3-5-12)17-6-7-21-10-14(17)19;6-5-2-1-4(3-7)8-5;1-2/h2-5,13,16H,6-10H2,1H3;1-3H;1-2H3. The van der Waals surface area contributed by atoms with Crippen LogP contribution in [-0.2, 0) is 14.3 Å². The molecule has 2 aromatic rings. The number of anilines is 2. The molecule has 1 aromatic heterocycles. The number of hydrogen-bond donors (Lipinski definition) is 1. The molecule has 2 aliphatic rings. The molecule has 1 unspecified atom stereocenters. The molecule has 0 radical (unpaired) electrons. The summed E-state index contributed by atoms with van der Waals surface area (Å²) in [6.07, 6.45) is 0.310. The van der Waals surface area contributed by atoms with Crippen LogP contribution in [0.5, 0.6) is 0 Å². The van der Waals surface area contributed by atoms with Crippen molar-refractivity contribution in [3.63, 3.8) is 0 Å². The Morgan fingerprint density at radius 1 is 1.12 bits per heavy atom. The van der Waals surface area contributed by atoms with Gasteiger partial charge in [-0.3, -0.25) is 14.5 Å². The number of morpholine rings is 1. The number of benzene rings is 1. The highest BCUT2D eigenvalue weighted by atomic mass is 35.5. The van der Waals surface area contributed by atoms with E-state index in [-0.39, 0.29) is 24.7 Å². The summed E-state index contributed by atoms with van der Waals surface area (Å²) >= 11 is 6.78. The molecule has 1 N–H and O–H groups in total. The van der Waals surface area contributed by atoms with Gasteiger partial charge in [0.25, 0.3) is 5.91 Å². The van der Waals surface area contributed by atoms with Gasteiger partial charge in [0, 0.05) is 24.5 Å². The maximum atomic E-state index is 11.9. The van der Waals surface area contributed by atoms with Crippen LogP contribution in [0.25, 0.3) is 0 Å². The Kier molecular flexibility index (Phi) is 10.6. The number of amides is 2. The van der Waals surface area contributed by atoms with E-state index in [1.165, 1.54) is 11.3 Å². The highest BCUT2D eigenvalue weighted by Gasteiger charge is 2.32. The molecule has 2 saturated heterocycles. The second-order valence-corrected chi connectivity index (χ2v) is 8.29. The molecule has 0 saturated carbocycles. The van der Waals surface area contributed by atoms with Crippen molar-refractivity contribution in [2.45, 2.75) is 20.0 Å². The number of nitrogens with one attached hydrogen (secondary N) is 1. The molecule has 0 aliphatic carbocycles. The molecule has 2 fully saturated rings. The first-order valence-electron chi connectivity index (χ1n) is 10.3. The van der Waals surface area contributed by atoms with Crippen molar-refractivity contribution in [1.82, 2.24) is 5.32 Å². The van der Waals surface area contributed by atoms with Gasteiger partial charge in [-0.25, -0.2) is 4.79 Å². The van der Waals surface area contributed by atoms with E-state index in [2.05, 4.69) is 5.32 Å². The summed E-state index contributed by atoms with van der Waals surface area (Å²) in [5, 5.41) is 3.00. The Morgan fingerprint density at radius 3 is 2.28 bits per heavy atom. The number of carbonyl (C=O) groups excluding carboxylic acids is 3. The monoisotopic (exact) mass is 481 g/mol. The summed E-state index contributed by atoms with van der Waals surface area (Å²) in [7, 11) is 1.82. The van der Waals surface area contributed by atoms with Gasteiger partial charge in [0.15, 0.2) is 6.29 Å². The van der Waals surface area contributed by atoms with Crippen LogP contribution in [-0.4, -0.2) is 64.3 Å². The van der Waals surface area contributed by atoms with Crippen LogP contribution < -0.4 is 15.1 Å². The molecule has 3 heterocycles. The lowest BCUT2D eigenvalue weighted by atomic mass is 10.2. The zero-order chi connectivity index (χ0) is 23.5. The minimum absolute atomic E-state index is 0.0475. The molecule has 0 bridgehead atoms. The number of likely N-dealkylation sites (N-methyl/N-ethyl adjacent to an activating group) is 1. The first-order chi connectivity index (χ1) is 15.5. The van der Waals surface area contributed by atoms with Crippen LogP contribution in [0.3, 0.4) is 0 Å². The van der Waals surface area contributed by atoms with Gasteiger partial charge in [0.2, 0.25) is 0 Å². The Morgan fingerprint density at radius 2 is 1.78 bits per heavy atom. The Bertz CT molecular complexity index is 890. The molecule has 1 atom stereocenters. The van der Waals surface area contributed by atoms with Crippen molar-refractivity contribution in [2.24, 2.45) is 0 Å². The molecule has 32 heavy (non-hydrogen) atoms. The first kappa shape index (κ1) is 25.8. The van der Waals surface area contributed by atoms with Gasteiger partial charge in [-0.1, -0.05) is 25.4 Å². The number of nitrogens with zero attached hydrogens (tertiary/aromatic N) is 2.